The van der Waals surface area contributed by atoms with Gasteiger partial charge in [0.15, 0.2) is 0 Å². The van der Waals surface area contributed by atoms with Gasteiger partial charge in [0, 0.05) is 42.3 Å². The van der Waals surface area contributed by atoms with Crippen molar-refractivity contribution in [2.75, 3.05) is 4.90 Å². The lowest BCUT2D eigenvalue weighted by molar-refractivity contribution is 1.30. The summed E-state index contributed by atoms with van der Waals surface area (Å²) >= 11 is 1.90. The van der Waals surface area contributed by atoms with Crippen molar-refractivity contribution < 1.29 is 0 Å². The maximum Gasteiger partial charge on any atom is 0.0546 e. The van der Waals surface area contributed by atoms with Gasteiger partial charge in [-0.3, -0.25) is 0 Å². The van der Waals surface area contributed by atoms with Crippen LogP contribution in [0.15, 0.2) is 152 Å². The lowest BCUT2D eigenvalue weighted by atomic mass is 9.97. The molecule has 0 unspecified atom stereocenters. The summed E-state index contributed by atoms with van der Waals surface area (Å²) in [5.41, 5.74) is 5.90. The molecule has 0 aliphatic carbocycles. The van der Waals surface area contributed by atoms with E-state index in [1.165, 1.54) is 58.5 Å². The molecular weight excluding hydrogens is 502 g/mol. The topological polar surface area (TPSA) is 3.24 Å². The fourth-order valence-corrected chi connectivity index (χ4v) is 7.25. The van der Waals surface area contributed by atoms with Crippen molar-refractivity contribution in [3.8, 4) is 11.1 Å². The zero-order chi connectivity index (χ0) is 26.5. The molecule has 2 heteroatoms. The molecule has 1 heterocycles. The summed E-state index contributed by atoms with van der Waals surface area (Å²) in [6, 6.07) is 54.8. The normalized spacial score (nSPS) is 11.5. The Bertz CT molecular complexity index is 2140. The number of hydrogen-bond donors (Lipinski definition) is 0. The highest BCUT2D eigenvalue weighted by Crippen LogP contribution is 2.46. The Morgan fingerprint density at radius 2 is 1.02 bits per heavy atom. The second kappa shape index (κ2) is 9.37. The predicted octanol–water partition coefficient (Wildman–Crippen LogP) is 11.5. The van der Waals surface area contributed by atoms with Crippen molar-refractivity contribution in [3.05, 3.63) is 152 Å². The summed E-state index contributed by atoms with van der Waals surface area (Å²) in [5.74, 6) is 0. The highest BCUT2D eigenvalue weighted by Gasteiger charge is 2.19. The average molecular weight is 528 g/mol. The first-order valence-corrected chi connectivity index (χ1v) is 14.4. The van der Waals surface area contributed by atoms with E-state index in [1.807, 2.05) is 11.3 Å². The van der Waals surface area contributed by atoms with Crippen LogP contribution in [-0.2, 0) is 0 Å². The summed E-state index contributed by atoms with van der Waals surface area (Å²) in [6.45, 7) is 0. The summed E-state index contributed by atoms with van der Waals surface area (Å²) in [4.78, 5) is 2.39. The molecule has 0 spiro atoms. The van der Waals surface area contributed by atoms with Crippen LogP contribution in [0.4, 0.5) is 17.1 Å². The zero-order valence-electron chi connectivity index (χ0n) is 21.8. The maximum absolute atomic E-state index is 2.39. The van der Waals surface area contributed by atoms with Gasteiger partial charge in [-0.1, -0.05) is 115 Å². The molecule has 1 nitrogen and oxygen atoms in total. The monoisotopic (exact) mass is 527 g/mol. The van der Waals surface area contributed by atoms with Crippen LogP contribution in [0.3, 0.4) is 0 Å². The molecule has 188 valence electrons. The van der Waals surface area contributed by atoms with Gasteiger partial charge in [0.2, 0.25) is 0 Å². The van der Waals surface area contributed by atoms with Crippen molar-refractivity contribution in [1.82, 2.24) is 0 Å². The first kappa shape index (κ1) is 23.0. The zero-order valence-corrected chi connectivity index (χ0v) is 22.6. The van der Waals surface area contributed by atoms with Crippen LogP contribution in [0.1, 0.15) is 0 Å². The molecule has 0 fully saturated rings. The maximum atomic E-state index is 2.39. The molecular formula is C38H25NS. The fraction of sp³-hybridized carbons (Fsp3) is 0. The van der Waals surface area contributed by atoms with Crippen LogP contribution in [0.2, 0.25) is 0 Å². The van der Waals surface area contributed by atoms with E-state index in [0.29, 0.717) is 0 Å². The molecule has 40 heavy (non-hydrogen) atoms. The third-order valence-electron chi connectivity index (χ3n) is 7.83. The Balaban J connectivity index is 1.39. The molecule has 7 aromatic carbocycles. The Kier molecular flexibility index (Phi) is 5.39. The molecule has 0 aliphatic heterocycles. The lowest BCUT2D eigenvalue weighted by Gasteiger charge is -2.28. The van der Waals surface area contributed by atoms with Gasteiger partial charge in [-0.2, -0.15) is 0 Å². The minimum atomic E-state index is 1.14. The van der Waals surface area contributed by atoms with Crippen LogP contribution in [-0.4, -0.2) is 0 Å². The number of thiophene rings is 1. The Labute approximate surface area is 237 Å². The second-order valence-corrected chi connectivity index (χ2v) is 11.2. The summed E-state index contributed by atoms with van der Waals surface area (Å²) in [5, 5.41) is 7.80. The van der Waals surface area contributed by atoms with E-state index in [2.05, 4.69) is 157 Å². The van der Waals surface area contributed by atoms with Gasteiger partial charge in [-0.15, -0.1) is 11.3 Å². The molecule has 0 saturated carbocycles. The number of nitrogens with zero attached hydrogens (tertiary/aromatic N) is 1. The minimum Gasteiger partial charge on any atom is -0.310 e. The predicted molar refractivity (Wildman–Crippen MR) is 174 cm³/mol. The van der Waals surface area contributed by atoms with E-state index in [9.17, 15) is 0 Å². The summed E-state index contributed by atoms with van der Waals surface area (Å²) in [7, 11) is 0. The van der Waals surface area contributed by atoms with E-state index < -0.39 is 0 Å². The number of benzene rings is 7. The fourth-order valence-electron chi connectivity index (χ4n) is 5.97. The molecule has 0 N–H and O–H groups in total. The molecule has 0 bridgehead atoms. The minimum absolute atomic E-state index is 1.14. The molecule has 0 saturated heterocycles. The number of anilines is 3. The van der Waals surface area contributed by atoms with E-state index in [4.69, 9.17) is 0 Å². The summed E-state index contributed by atoms with van der Waals surface area (Å²) in [6.07, 6.45) is 0. The van der Waals surface area contributed by atoms with Gasteiger partial charge >= 0.3 is 0 Å². The molecule has 8 rings (SSSR count). The van der Waals surface area contributed by atoms with E-state index in [0.717, 1.165) is 11.4 Å². The highest BCUT2D eigenvalue weighted by atomic mass is 32.1. The van der Waals surface area contributed by atoms with Gasteiger partial charge < -0.3 is 4.90 Å². The number of rotatable bonds is 4. The van der Waals surface area contributed by atoms with Crippen LogP contribution < -0.4 is 4.90 Å². The van der Waals surface area contributed by atoms with E-state index in [1.54, 1.807) is 0 Å². The van der Waals surface area contributed by atoms with Crippen molar-refractivity contribution in [3.63, 3.8) is 0 Å². The van der Waals surface area contributed by atoms with Crippen molar-refractivity contribution in [1.29, 1.82) is 0 Å². The lowest BCUT2D eigenvalue weighted by Crippen LogP contribution is -2.10. The Hall–Kier alpha value is -4.92. The third kappa shape index (κ3) is 3.69. The molecule has 0 amide bonds. The molecule has 0 atom stereocenters. The van der Waals surface area contributed by atoms with Crippen molar-refractivity contribution in [2.45, 2.75) is 0 Å². The number of para-hydroxylation sites is 1. The first-order valence-electron chi connectivity index (χ1n) is 13.6. The molecule has 0 aliphatic rings. The van der Waals surface area contributed by atoms with Crippen LogP contribution in [0.25, 0.3) is 52.8 Å². The molecule has 0 radical (unpaired) electrons. The first-order chi connectivity index (χ1) is 19.8. The Morgan fingerprint density at radius 3 is 1.80 bits per heavy atom. The highest BCUT2D eigenvalue weighted by molar-refractivity contribution is 7.26. The van der Waals surface area contributed by atoms with Crippen molar-refractivity contribution >= 4 is 70.1 Å². The summed E-state index contributed by atoms with van der Waals surface area (Å²) < 4.78 is 2.70. The molecule has 1 aromatic heterocycles. The van der Waals surface area contributed by atoms with E-state index >= 15 is 0 Å². The number of fused-ring (bicyclic) bond motifs is 7. The van der Waals surface area contributed by atoms with Crippen LogP contribution >= 0.6 is 11.3 Å². The smallest absolute Gasteiger partial charge is 0.0546 e. The van der Waals surface area contributed by atoms with Crippen molar-refractivity contribution in [2.24, 2.45) is 0 Å². The van der Waals surface area contributed by atoms with Crippen LogP contribution in [0.5, 0.6) is 0 Å². The largest absolute Gasteiger partial charge is 0.310 e. The van der Waals surface area contributed by atoms with Gasteiger partial charge in [0.05, 0.1) is 5.69 Å². The third-order valence-corrected chi connectivity index (χ3v) is 9.04. The van der Waals surface area contributed by atoms with Gasteiger partial charge in [0.25, 0.3) is 0 Å². The van der Waals surface area contributed by atoms with Gasteiger partial charge in [-0.25, -0.2) is 0 Å². The Morgan fingerprint density at radius 1 is 0.425 bits per heavy atom. The molecule has 8 aromatic rings. The SMILES string of the molecule is c1ccc(-c2ccc(N(c3ccccc3)c3cc4ccc5c6ccccc6sc5c4c4ccccc34)cc2)cc1. The second-order valence-electron chi connectivity index (χ2n) is 10.2. The van der Waals surface area contributed by atoms with E-state index in [-0.39, 0.29) is 0 Å². The average Bonchev–Trinajstić information content (AvgIpc) is 3.41. The van der Waals surface area contributed by atoms with Gasteiger partial charge in [-0.05, 0) is 58.3 Å². The number of hydrogen-bond acceptors (Lipinski definition) is 2. The van der Waals surface area contributed by atoms with Gasteiger partial charge in [0.1, 0.15) is 0 Å². The quantitative estimate of drug-likeness (QED) is 0.206. The standard InChI is InChI=1S/C38H25NS/c1-3-11-26(12-4-1)27-19-22-30(23-20-27)39(29-13-5-2-6-14-29)35-25-28-21-24-34-32-16-9-10-18-36(32)40-38(34)37(28)33-17-8-7-15-31(33)35/h1-25H. The van der Waals surface area contributed by atoms with Crippen LogP contribution in [0, 0.1) is 0 Å².